The molecule has 0 aromatic carbocycles. The molecule has 1 heterocycles. The number of ether oxygens (including phenoxy) is 1. The van der Waals surface area contributed by atoms with E-state index >= 15 is 0 Å². The van der Waals surface area contributed by atoms with Crippen molar-refractivity contribution in [1.82, 2.24) is 5.32 Å². The van der Waals surface area contributed by atoms with E-state index in [9.17, 15) is 0 Å². The van der Waals surface area contributed by atoms with Crippen molar-refractivity contribution >= 4 is 0 Å². The maximum absolute atomic E-state index is 5.42. The molecule has 0 amide bonds. The quantitative estimate of drug-likeness (QED) is 0.561. The van der Waals surface area contributed by atoms with E-state index in [2.05, 4.69) is 19.2 Å². The Balaban J connectivity index is 2.01. The molecule has 0 bridgehead atoms. The van der Waals surface area contributed by atoms with Gasteiger partial charge in [0.05, 0.1) is 12.4 Å². The third-order valence-corrected chi connectivity index (χ3v) is 3.03. The molecule has 0 aromatic heterocycles. The molecule has 0 aliphatic carbocycles. The van der Waals surface area contributed by atoms with Crippen LogP contribution in [0.15, 0.2) is 24.4 Å². The Hall–Kier alpha value is -0.920. The van der Waals surface area contributed by atoms with Crippen molar-refractivity contribution < 1.29 is 4.74 Å². The summed E-state index contributed by atoms with van der Waals surface area (Å²) < 4.78 is 5.42. The van der Waals surface area contributed by atoms with E-state index < -0.39 is 0 Å². The molecule has 1 rings (SSSR count). The Labute approximate surface area is 99.8 Å². The van der Waals surface area contributed by atoms with Crippen molar-refractivity contribution in [2.45, 2.75) is 58.8 Å². The predicted octanol–water partition coefficient (Wildman–Crippen LogP) is 4.32. The molecule has 0 N–H and O–H groups in total. The molecule has 1 atom stereocenters. The van der Waals surface area contributed by atoms with Crippen molar-refractivity contribution in [3.05, 3.63) is 24.4 Å². The third kappa shape index (κ3) is 5.24. The van der Waals surface area contributed by atoms with Gasteiger partial charge in [-0.15, -0.1) is 0 Å². The molecule has 2 nitrogen and oxygen atoms in total. The Morgan fingerprint density at radius 1 is 1.19 bits per heavy atom. The first-order valence-electron chi connectivity index (χ1n) is 6.56. The van der Waals surface area contributed by atoms with Crippen LogP contribution in [0, 0.1) is 5.92 Å². The van der Waals surface area contributed by atoms with Gasteiger partial charge in [0.15, 0.2) is 0 Å². The van der Waals surface area contributed by atoms with Crippen LogP contribution in [-0.4, -0.2) is 0 Å². The van der Waals surface area contributed by atoms with Crippen LogP contribution in [-0.2, 0) is 4.74 Å². The molecule has 0 saturated heterocycles. The zero-order chi connectivity index (χ0) is 11.6. The van der Waals surface area contributed by atoms with Gasteiger partial charge in [0.25, 0.3) is 0 Å². The summed E-state index contributed by atoms with van der Waals surface area (Å²) in [5.41, 5.74) is 0. The topological polar surface area (TPSA) is 23.3 Å². The number of allylic oxidation sites excluding steroid dienone is 1. The van der Waals surface area contributed by atoms with Gasteiger partial charge in [0, 0.05) is 5.92 Å². The van der Waals surface area contributed by atoms with Gasteiger partial charge in [-0.05, 0) is 6.42 Å². The molecular formula is C14H24NO. The van der Waals surface area contributed by atoms with Crippen molar-refractivity contribution in [1.29, 1.82) is 0 Å². The van der Waals surface area contributed by atoms with E-state index in [4.69, 9.17) is 4.74 Å². The Bertz CT molecular complexity index is 233. The first-order valence-corrected chi connectivity index (χ1v) is 6.56. The van der Waals surface area contributed by atoms with Crippen molar-refractivity contribution in [3.8, 4) is 0 Å². The minimum Gasteiger partial charge on any atom is -0.466 e. The Morgan fingerprint density at radius 3 is 2.62 bits per heavy atom. The largest absolute Gasteiger partial charge is 0.466 e. The van der Waals surface area contributed by atoms with E-state index in [1.165, 1.54) is 44.9 Å². The molecule has 0 aromatic rings. The normalized spacial score (nSPS) is 16.2. The lowest BCUT2D eigenvalue weighted by molar-refractivity contribution is 0.275. The van der Waals surface area contributed by atoms with Crippen LogP contribution in [0.2, 0.25) is 0 Å². The minimum atomic E-state index is 0.500. The van der Waals surface area contributed by atoms with Gasteiger partial charge in [-0.1, -0.05) is 52.4 Å². The Morgan fingerprint density at radius 2 is 1.94 bits per heavy atom. The van der Waals surface area contributed by atoms with Gasteiger partial charge in [-0.3, -0.25) is 5.32 Å². The maximum atomic E-state index is 5.42. The molecule has 16 heavy (non-hydrogen) atoms. The van der Waals surface area contributed by atoms with Gasteiger partial charge in [-0.25, -0.2) is 0 Å². The number of unbranched alkanes of at least 4 members (excludes halogenated alkanes) is 5. The average Bonchev–Trinajstić information content (AvgIpc) is 2.34. The molecular weight excluding hydrogens is 198 g/mol. The molecule has 1 unspecified atom stereocenters. The second-order valence-electron chi connectivity index (χ2n) is 4.54. The Kier molecular flexibility index (Phi) is 6.78. The summed E-state index contributed by atoms with van der Waals surface area (Å²) in [5, 5.41) is 4.08. The highest BCUT2D eigenvalue weighted by molar-refractivity contribution is 5.03. The monoisotopic (exact) mass is 222 g/mol. The molecule has 0 spiro atoms. The second kappa shape index (κ2) is 8.26. The summed E-state index contributed by atoms with van der Waals surface area (Å²) in [6, 6.07) is 0. The lowest BCUT2D eigenvalue weighted by atomic mass is 10.0. The second-order valence-corrected chi connectivity index (χ2v) is 4.54. The van der Waals surface area contributed by atoms with E-state index in [1.807, 2.05) is 6.20 Å². The SMILES string of the molecule is CCCCCCCCC(C)C1=C[N]C=CO1. The zero-order valence-corrected chi connectivity index (χ0v) is 10.6. The van der Waals surface area contributed by atoms with Crippen molar-refractivity contribution in [2.75, 3.05) is 0 Å². The van der Waals surface area contributed by atoms with Gasteiger partial charge >= 0.3 is 0 Å². The summed E-state index contributed by atoms with van der Waals surface area (Å²) >= 11 is 0. The van der Waals surface area contributed by atoms with Crippen LogP contribution in [0.5, 0.6) is 0 Å². The van der Waals surface area contributed by atoms with Gasteiger partial charge in [-0.2, -0.15) is 0 Å². The highest BCUT2D eigenvalue weighted by Gasteiger charge is 2.11. The number of hydrogen-bond donors (Lipinski definition) is 0. The van der Waals surface area contributed by atoms with E-state index in [0.717, 1.165) is 5.76 Å². The van der Waals surface area contributed by atoms with Gasteiger partial charge in [0.1, 0.15) is 12.0 Å². The molecule has 0 fully saturated rings. The van der Waals surface area contributed by atoms with Crippen LogP contribution < -0.4 is 5.32 Å². The fraction of sp³-hybridized carbons (Fsp3) is 0.714. The van der Waals surface area contributed by atoms with Crippen LogP contribution in [0.25, 0.3) is 0 Å². The van der Waals surface area contributed by atoms with Crippen LogP contribution in [0.4, 0.5) is 0 Å². The first kappa shape index (κ1) is 13.1. The summed E-state index contributed by atoms with van der Waals surface area (Å²) in [6.45, 7) is 4.47. The first-order chi connectivity index (χ1) is 7.84. The van der Waals surface area contributed by atoms with E-state index in [0.29, 0.717) is 5.92 Å². The third-order valence-electron chi connectivity index (χ3n) is 3.03. The highest BCUT2D eigenvalue weighted by Crippen LogP contribution is 2.21. The molecule has 1 radical (unpaired) electrons. The van der Waals surface area contributed by atoms with Gasteiger partial charge in [0.2, 0.25) is 0 Å². The molecule has 0 saturated carbocycles. The molecule has 2 heteroatoms. The lowest BCUT2D eigenvalue weighted by Crippen LogP contribution is -2.06. The smallest absolute Gasteiger partial charge is 0.124 e. The fourth-order valence-electron chi connectivity index (χ4n) is 1.91. The van der Waals surface area contributed by atoms with Crippen molar-refractivity contribution in [2.24, 2.45) is 5.92 Å². The zero-order valence-electron chi connectivity index (χ0n) is 10.6. The van der Waals surface area contributed by atoms with Crippen LogP contribution >= 0.6 is 0 Å². The van der Waals surface area contributed by atoms with Crippen LogP contribution in [0.3, 0.4) is 0 Å². The maximum Gasteiger partial charge on any atom is 0.124 e. The highest BCUT2D eigenvalue weighted by atomic mass is 16.5. The van der Waals surface area contributed by atoms with Gasteiger partial charge < -0.3 is 4.74 Å². The number of rotatable bonds is 8. The molecule has 1 aliphatic heterocycles. The van der Waals surface area contributed by atoms with Crippen molar-refractivity contribution in [3.63, 3.8) is 0 Å². The molecule has 91 valence electrons. The number of nitrogens with zero attached hydrogens (tertiary/aromatic N) is 1. The lowest BCUT2D eigenvalue weighted by Gasteiger charge is -2.16. The van der Waals surface area contributed by atoms with Crippen LogP contribution in [0.1, 0.15) is 58.8 Å². The average molecular weight is 222 g/mol. The minimum absolute atomic E-state index is 0.500. The summed E-state index contributed by atoms with van der Waals surface area (Å²) in [5.74, 6) is 1.51. The fourth-order valence-corrected chi connectivity index (χ4v) is 1.91. The van der Waals surface area contributed by atoms with E-state index in [1.54, 1.807) is 12.5 Å². The summed E-state index contributed by atoms with van der Waals surface area (Å²) in [7, 11) is 0. The summed E-state index contributed by atoms with van der Waals surface area (Å²) in [4.78, 5) is 0. The number of hydrogen-bond acceptors (Lipinski definition) is 1. The van der Waals surface area contributed by atoms with E-state index in [-0.39, 0.29) is 0 Å². The predicted molar refractivity (Wildman–Crippen MR) is 67.6 cm³/mol. The standard InChI is InChI=1S/C14H24NO/c1-3-4-5-6-7-8-9-13(2)14-12-15-10-11-16-14/h10-13H,3-9H2,1-2H3. The summed E-state index contributed by atoms with van der Waals surface area (Å²) in [6.07, 6.45) is 14.5. The molecule has 1 aliphatic rings.